The van der Waals surface area contributed by atoms with Crippen molar-refractivity contribution in [3.63, 3.8) is 0 Å². The number of thioether (sulfide) groups is 1. The van der Waals surface area contributed by atoms with Crippen molar-refractivity contribution in [2.24, 2.45) is 0 Å². The van der Waals surface area contributed by atoms with E-state index in [1.807, 2.05) is 18.2 Å². The number of carbonyl (C=O) groups is 1. The Balaban J connectivity index is 2.39. The zero-order valence-corrected chi connectivity index (χ0v) is 12.7. The van der Waals surface area contributed by atoms with Crippen molar-refractivity contribution >= 4 is 28.6 Å². The molecule has 0 fully saturated rings. The van der Waals surface area contributed by atoms with E-state index in [0.717, 1.165) is 23.4 Å². The summed E-state index contributed by atoms with van der Waals surface area (Å²) in [4.78, 5) is 15.4. The maximum Gasteiger partial charge on any atom is 0.304 e. The smallest absolute Gasteiger partial charge is 0.304 e. The molecule has 4 heteroatoms. The van der Waals surface area contributed by atoms with E-state index in [0.29, 0.717) is 5.75 Å². The molecule has 106 valence electrons. The molecule has 0 spiro atoms. The molecule has 1 N–H and O–H groups in total. The van der Waals surface area contributed by atoms with Crippen molar-refractivity contribution in [3.8, 4) is 0 Å². The van der Waals surface area contributed by atoms with Gasteiger partial charge in [-0.2, -0.15) is 0 Å². The monoisotopic (exact) mass is 289 g/mol. The number of nitrogens with zero attached hydrogens (tertiary/aromatic N) is 1. The first-order valence-corrected chi connectivity index (χ1v) is 7.84. The van der Waals surface area contributed by atoms with E-state index < -0.39 is 5.97 Å². The molecule has 0 aliphatic heterocycles. The predicted octanol–water partition coefficient (Wildman–Crippen LogP) is 4.06. The lowest BCUT2D eigenvalue weighted by Gasteiger charge is -2.13. The SMILES string of the molecule is CCCc1c(SCCC(=O)O)nc2ccccc2c1C. The Morgan fingerprint density at radius 1 is 1.35 bits per heavy atom. The first-order chi connectivity index (χ1) is 9.63. The van der Waals surface area contributed by atoms with Gasteiger partial charge in [0.25, 0.3) is 0 Å². The summed E-state index contributed by atoms with van der Waals surface area (Å²) < 4.78 is 0. The number of pyridine rings is 1. The molecule has 0 unspecified atom stereocenters. The minimum Gasteiger partial charge on any atom is -0.481 e. The molecule has 1 aromatic heterocycles. The third-order valence-electron chi connectivity index (χ3n) is 3.30. The van der Waals surface area contributed by atoms with Crippen molar-refractivity contribution in [2.75, 3.05) is 5.75 Å². The second-order valence-electron chi connectivity index (χ2n) is 4.78. The lowest BCUT2D eigenvalue weighted by atomic mass is 10.0. The van der Waals surface area contributed by atoms with Crippen LogP contribution < -0.4 is 0 Å². The van der Waals surface area contributed by atoms with Gasteiger partial charge in [0.1, 0.15) is 5.03 Å². The molecule has 0 bridgehead atoms. The number of para-hydroxylation sites is 1. The highest BCUT2D eigenvalue weighted by atomic mass is 32.2. The summed E-state index contributed by atoms with van der Waals surface area (Å²) >= 11 is 1.55. The van der Waals surface area contributed by atoms with Crippen LogP contribution in [0.1, 0.15) is 30.9 Å². The number of carboxylic acids is 1. The molecule has 0 amide bonds. The van der Waals surface area contributed by atoms with Crippen LogP contribution in [-0.4, -0.2) is 21.8 Å². The Bertz CT molecular complexity index is 625. The zero-order chi connectivity index (χ0) is 14.5. The second kappa shape index (κ2) is 6.75. The van der Waals surface area contributed by atoms with E-state index in [1.165, 1.54) is 16.5 Å². The van der Waals surface area contributed by atoms with Crippen LogP contribution in [0.4, 0.5) is 0 Å². The van der Waals surface area contributed by atoms with Crippen molar-refractivity contribution in [3.05, 3.63) is 35.4 Å². The maximum absolute atomic E-state index is 10.6. The van der Waals surface area contributed by atoms with E-state index in [-0.39, 0.29) is 6.42 Å². The molecule has 0 saturated heterocycles. The van der Waals surface area contributed by atoms with Gasteiger partial charge in [-0.1, -0.05) is 31.5 Å². The van der Waals surface area contributed by atoms with Crippen molar-refractivity contribution < 1.29 is 9.90 Å². The summed E-state index contributed by atoms with van der Waals surface area (Å²) in [6.07, 6.45) is 2.22. The van der Waals surface area contributed by atoms with Crippen molar-refractivity contribution in [1.29, 1.82) is 0 Å². The Labute approximate surface area is 123 Å². The number of aryl methyl sites for hydroxylation is 1. The summed E-state index contributed by atoms with van der Waals surface area (Å²) in [6.45, 7) is 4.29. The summed E-state index contributed by atoms with van der Waals surface area (Å²) in [5.41, 5.74) is 3.53. The summed E-state index contributed by atoms with van der Waals surface area (Å²) in [5, 5.41) is 10.9. The normalized spacial score (nSPS) is 10.9. The molecule has 1 aromatic carbocycles. The second-order valence-corrected chi connectivity index (χ2v) is 5.86. The van der Waals surface area contributed by atoms with Crippen LogP contribution in [0.2, 0.25) is 0 Å². The minimum atomic E-state index is -0.757. The Morgan fingerprint density at radius 3 is 2.80 bits per heavy atom. The molecule has 3 nitrogen and oxygen atoms in total. The van der Waals surface area contributed by atoms with Crippen LogP contribution >= 0.6 is 11.8 Å². The standard InChI is InChI=1S/C16H19NO2S/c1-3-6-13-11(2)12-7-4-5-8-14(12)17-16(13)20-10-9-15(18)19/h4-5,7-8H,3,6,9-10H2,1-2H3,(H,18,19). The number of rotatable bonds is 6. The fourth-order valence-electron chi connectivity index (χ4n) is 2.29. The number of hydrogen-bond acceptors (Lipinski definition) is 3. The highest BCUT2D eigenvalue weighted by Gasteiger charge is 2.12. The molecule has 1 heterocycles. The number of fused-ring (bicyclic) bond motifs is 1. The number of carboxylic acid groups (broad SMARTS) is 1. The van der Waals surface area contributed by atoms with Gasteiger partial charge in [0, 0.05) is 11.1 Å². The van der Waals surface area contributed by atoms with Gasteiger partial charge in [-0.25, -0.2) is 4.98 Å². The molecular weight excluding hydrogens is 270 g/mol. The third-order valence-corrected chi connectivity index (χ3v) is 4.31. The quantitative estimate of drug-likeness (QED) is 0.815. The summed E-state index contributed by atoms with van der Waals surface area (Å²) in [5.74, 6) is -0.191. The zero-order valence-electron chi connectivity index (χ0n) is 11.8. The predicted molar refractivity (Wildman–Crippen MR) is 83.5 cm³/mol. The average molecular weight is 289 g/mol. The van der Waals surface area contributed by atoms with E-state index in [4.69, 9.17) is 10.1 Å². The van der Waals surface area contributed by atoms with Gasteiger partial charge in [0.05, 0.1) is 11.9 Å². The molecule has 20 heavy (non-hydrogen) atoms. The minimum absolute atomic E-state index is 0.170. The van der Waals surface area contributed by atoms with Gasteiger partial charge >= 0.3 is 5.97 Å². The molecule has 2 rings (SSSR count). The molecule has 2 aromatic rings. The van der Waals surface area contributed by atoms with Crippen LogP contribution in [0.25, 0.3) is 10.9 Å². The Hall–Kier alpha value is -1.55. The molecule has 0 saturated carbocycles. The highest BCUT2D eigenvalue weighted by Crippen LogP contribution is 2.30. The summed E-state index contributed by atoms with van der Waals surface area (Å²) in [7, 11) is 0. The van der Waals surface area contributed by atoms with Gasteiger partial charge in [-0.15, -0.1) is 11.8 Å². The van der Waals surface area contributed by atoms with Gasteiger partial charge < -0.3 is 5.11 Å². The Kier molecular flexibility index (Phi) is 5.01. The van der Waals surface area contributed by atoms with E-state index in [1.54, 1.807) is 11.8 Å². The maximum atomic E-state index is 10.6. The van der Waals surface area contributed by atoms with Gasteiger partial charge in [0.2, 0.25) is 0 Å². The van der Waals surface area contributed by atoms with Crippen LogP contribution in [0.5, 0.6) is 0 Å². The first kappa shape index (κ1) is 14.9. The van der Waals surface area contributed by atoms with Gasteiger partial charge in [-0.3, -0.25) is 4.79 Å². The first-order valence-electron chi connectivity index (χ1n) is 6.86. The average Bonchev–Trinajstić information content (AvgIpc) is 2.42. The molecular formula is C16H19NO2S. The third kappa shape index (κ3) is 3.31. The van der Waals surface area contributed by atoms with Gasteiger partial charge in [-0.05, 0) is 30.5 Å². The van der Waals surface area contributed by atoms with Crippen molar-refractivity contribution in [1.82, 2.24) is 4.98 Å². The van der Waals surface area contributed by atoms with E-state index in [9.17, 15) is 4.79 Å². The molecule has 0 radical (unpaired) electrons. The van der Waals surface area contributed by atoms with Crippen LogP contribution in [0.3, 0.4) is 0 Å². The van der Waals surface area contributed by atoms with Crippen molar-refractivity contribution in [2.45, 2.75) is 38.1 Å². The van der Waals surface area contributed by atoms with Gasteiger partial charge in [0.15, 0.2) is 0 Å². The number of aliphatic carboxylic acids is 1. The van der Waals surface area contributed by atoms with Crippen LogP contribution in [0, 0.1) is 6.92 Å². The summed E-state index contributed by atoms with van der Waals surface area (Å²) in [6, 6.07) is 8.13. The molecule has 0 aliphatic carbocycles. The topological polar surface area (TPSA) is 50.2 Å². The number of aromatic nitrogens is 1. The fourth-order valence-corrected chi connectivity index (χ4v) is 3.35. The highest BCUT2D eigenvalue weighted by molar-refractivity contribution is 7.99. The molecule has 0 aliphatic rings. The fraction of sp³-hybridized carbons (Fsp3) is 0.375. The number of benzene rings is 1. The van der Waals surface area contributed by atoms with Crippen LogP contribution in [0.15, 0.2) is 29.3 Å². The lowest BCUT2D eigenvalue weighted by molar-refractivity contribution is -0.136. The number of hydrogen-bond donors (Lipinski definition) is 1. The van der Waals surface area contributed by atoms with E-state index >= 15 is 0 Å². The van der Waals surface area contributed by atoms with E-state index in [2.05, 4.69) is 19.9 Å². The van der Waals surface area contributed by atoms with Crippen LogP contribution in [-0.2, 0) is 11.2 Å². The lowest BCUT2D eigenvalue weighted by Crippen LogP contribution is -2.00. The molecule has 0 atom stereocenters. The Morgan fingerprint density at radius 2 is 2.10 bits per heavy atom. The largest absolute Gasteiger partial charge is 0.481 e.